The average Bonchev–Trinajstić information content (AvgIpc) is 3.30. The number of halogens is 1. The van der Waals surface area contributed by atoms with E-state index in [-0.39, 0.29) is 23.3 Å². The van der Waals surface area contributed by atoms with Crippen molar-refractivity contribution in [2.75, 3.05) is 6.61 Å². The van der Waals surface area contributed by atoms with Gasteiger partial charge in [-0.2, -0.15) is 0 Å². The second kappa shape index (κ2) is 7.63. The Morgan fingerprint density at radius 1 is 1.34 bits per heavy atom. The summed E-state index contributed by atoms with van der Waals surface area (Å²) in [5.41, 5.74) is 0.361. The molecule has 2 aromatic heterocycles. The Kier molecular flexibility index (Phi) is 5.02. The van der Waals surface area contributed by atoms with E-state index >= 15 is 0 Å². The lowest BCUT2D eigenvalue weighted by molar-refractivity contribution is -0.139. The van der Waals surface area contributed by atoms with Crippen LogP contribution in [-0.4, -0.2) is 17.1 Å². The highest BCUT2D eigenvalue weighted by atomic mass is 32.1. The molecular formula is C21H17FN2O4S. The first-order valence-electron chi connectivity index (χ1n) is 8.99. The Morgan fingerprint density at radius 2 is 2.14 bits per heavy atom. The Balaban J connectivity index is 2.00. The molecule has 1 aromatic carbocycles. The van der Waals surface area contributed by atoms with Gasteiger partial charge in [0, 0.05) is 11.6 Å². The summed E-state index contributed by atoms with van der Waals surface area (Å²) in [6.07, 6.45) is 3.11. The van der Waals surface area contributed by atoms with Crippen LogP contribution in [0.25, 0.3) is 6.08 Å². The van der Waals surface area contributed by atoms with Crippen molar-refractivity contribution < 1.29 is 18.3 Å². The highest BCUT2D eigenvalue weighted by molar-refractivity contribution is 7.07. The fraction of sp³-hybridized carbons (Fsp3) is 0.190. The standard InChI is InChI=1S/C21H17FN2O4S/c1-3-27-20(26)17-12(2)23-21-24(18(17)14-8-4-5-9-15(14)22)19(25)16(29-21)11-13-7-6-10-28-13/h4-11,18H,3H2,1-2H3/b16-11-/t18-/m1/s1. The maximum Gasteiger partial charge on any atom is 0.338 e. The molecule has 0 saturated heterocycles. The van der Waals surface area contributed by atoms with Gasteiger partial charge in [-0.3, -0.25) is 9.36 Å². The van der Waals surface area contributed by atoms with Crippen LogP contribution in [-0.2, 0) is 9.53 Å². The number of fused-ring (bicyclic) bond motifs is 1. The molecule has 0 bridgehead atoms. The van der Waals surface area contributed by atoms with Crippen molar-refractivity contribution in [2.45, 2.75) is 19.9 Å². The SMILES string of the molecule is CCOC(=O)C1=C(C)N=c2s/c(=C\c3ccco3)c(=O)n2[C@@H]1c1ccccc1F. The van der Waals surface area contributed by atoms with E-state index in [0.29, 0.717) is 20.8 Å². The quantitative estimate of drug-likeness (QED) is 0.618. The monoisotopic (exact) mass is 412 g/mol. The average molecular weight is 412 g/mol. The third-order valence-electron chi connectivity index (χ3n) is 4.53. The molecule has 6 nitrogen and oxygen atoms in total. The molecule has 0 spiro atoms. The number of nitrogens with zero attached hydrogens (tertiary/aromatic N) is 2. The minimum Gasteiger partial charge on any atom is -0.465 e. The molecule has 0 N–H and O–H groups in total. The second-order valence-corrected chi connectivity index (χ2v) is 7.35. The van der Waals surface area contributed by atoms with Crippen molar-refractivity contribution in [3.63, 3.8) is 0 Å². The molecule has 1 aliphatic heterocycles. The lowest BCUT2D eigenvalue weighted by Crippen LogP contribution is -2.40. The molecular weight excluding hydrogens is 395 g/mol. The van der Waals surface area contributed by atoms with Gasteiger partial charge in [0.2, 0.25) is 0 Å². The summed E-state index contributed by atoms with van der Waals surface area (Å²) >= 11 is 1.15. The van der Waals surface area contributed by atoms with Gasteiger partial charge in [-0.25, -0.2) is 14.2 Å². The van der Waals surface area contributed by atoms with E-state index < -0.39 is 17.8 Å². The first-order valence-corrected chi connectivity index (χ1v) is 9.80. The third kappa shape index (κ3) is 3.36. The van der Waals surface area contributed by atoms with Crippen molar-refractivity contribution in [1.29, 1.82) is 0 Å². The molecule has 4 rings (SSSR count). The summed E-state index contributed by atoms with van der Waals surface area (Å²) in [7, 11) is 0. The van der Waals surface area contributed by atoms with E-state index in [1.807, 2.05) is 0 Å². The zero-order valence-corrected chi connectivity index (χ0v) is 16.5. The van der Waals surface area contributed by atoms with E-state index in [2.05, 4.69) is 4.99 Å². The highest BCUT2D eigenvalue weighted by Gasteiger charge is 2.34. The van der Waals surface area contributed by atoms with Crippen LogP contribution >= 0.6 is 11.3 Å². The minimum atomic E-state index is -0.967. The molecule has 0 fully saturated rings. The number of hydrogen-bond donors (Lipinski definition) is 0. The summed E-state index contributed by atoms with van der Waals surface area (Å²) < 4.78 is 26.9. The van der Waals surface area contributed by atoms with Crippen LogP contribution in [0.15, 0.2) is 68.1 Å². The molecule has 0 aliphatic carbocycles. The molecule has 3 heterocycles. The van der Waals surface area contributed by atoms with Gasteiger partial charge in [0.05, 0.1) is 28.7 Å². The van der Waals surface area contributed by atoms with Crippen LogP contribution in [0.1, 0.15) is 31.2 Å². The first kappa shape index (κ1) is 19.1. The number of benzene rings is 1. The van der Waals surface area contributed by atoms with Crippen molar-refractivity contribution in [1.82, 2.24) is 4.57 Å². The zero-order valence-electron chi connectivity index (χ0n) is 15.7. The van der Waals surface area contributed by atoms with Crippen LogP contribution in [0.5, 0.6) is 0 Å². The summed E-state index contributed by atoms with van der Waals surface area (Å²) in [4.78, 5) is 30.7. The van der Waals surface area contributed by atoms with Crippen molar-refractivity contribution >= 4 is 23.4 Å². The number of carbonyl (C=O) groups is 1. The van der Waals surface area contributed by atoms with Crippen molar-refractivity contribution in [3.8, 4) is 0 Å². The predicted molar refractivity (Wildman–Crippen MR) is 106 cm³/mol. The van der Waals surface area contributed by atoms with Crippen LogP contribution in [0.2, 0.25) is 0 Å². The zero-order chi connectivity index (χ0) is 20.5. The van der Waals surface area contributed by atoms with Gasteiger partial charge in [0.25, 0.3) is 5.56 Å². The largest absolute Gasteiger partial charge is 0.465 e. The van der Waals surface area contributed by atoms with Crippen molar-refractivity contribution in [2.24, 2.45) is 4.99 Å². The molecule has 0 radical (unpaired) electrons. The van der Waals surface area contributed by atoms with E-state index in [9.17, 15) is 14.0 Å². The molecule has 0 saturated carbocycles. The highest BCUT2D eigenvalue weighted by Crippen LogP contribution is 2.32. The van der Waals surface area contributed by atoms with E-state index in [0.717, 1.165) is 11.3 Å². The second-order valence-electron chi connectivity index (χ2n) is 6.34. The summed E-state index contributed by atoms with van der Waals surface area (Å²) in [6.45, 7) is 3.50. The van der Waals surface area contributed by atoms with Crippen LogP contribution in [0.3, 0.4) is 0 Å². The molecule has 1 atom stereocenters. The molecule has 3 aromatic rings. The number of carbonyl (C=O) groups excluding carboxylic acids is 1. The molecule has 1 aliphatic rings. The van der Waals surface area contributed by atoms with Crippen LogP contribution < -0.4 is 14.9 Å². The van der Waals surface area contributed by atoms with E-state index in [1.165, 1.54) is 16.9 Å². The number of thiazole rings is 1. The van der Waals surface area contributed by atoms with Gasteiger partial charge in [0.15, 0.2) is 4.80 Å². The third-order valence-corrected chi connectivity index (χ3v) is 5.52. The van der Waals surface area contributed by atoms with Gasteiger partial charge in [-0.05, 0) is 32.0 Å². The molecule has 0 unspecified atom stereocenters. The minimum absolute atomic E-state index is 0.147. The number of aromatic nitrogens is 1. The number of esters is 1. The first-order chi connectivity index (χ1) is 14.0. The van der Waals surface area contributed by atoms with Gasteiger partial charge in [0.1, 0.15) is 17.6 Å². The van der Waals surface area contributed by atoms with Crippen LogP contribution in [0.4, 0.5) is 4.39 Å². The van der Waals surface area contributed by atoms with E-state index in [1.54, 1.807) is 50.3 Å². The van der Waals surface area contributed by atoms with Crippen molar-refractivity contribution in [3.05, 3.63) is 90.8 Å². The molecule has 8 heteroatoms. The Bertz CT molecular complexity index is 1280. The predicted octanol–water partition coefficient (Wildman–Crippen LogP) is 2.53. The van der Waals surface area contributed by atoms with Gasteiger partial charge >= 0.3 is 5.97 Å². The number of allylic oxidation sites excluding steroid dienone is 1. The van der Waals surface area contributed by atoms with E-state index in [4.69, 9.17) is 9.15 Å². The van der Waals surface area contributed by atoms with Gasteiger partial charge in [-0.15, -0.1) is 0 Å². The lowest BCUT2D eigenvalue weighted by atomic mass is 9.95. The number of rotatable bonds is 4. The number of ether oxygens (including phenoxy) is 1. The number of furan rings is 1. The summed E-state index contributed by atoms with van der Waals surface area (Å²) in [5.74, 6) is -0.629. The maximum atomic E-state index is 14.7. The summed E-state index contributed by atoms with van der Waals surface area (Å²) in [5, 5.41) is 0. The molecule has 148 valence electrons. The van der Waals surface area contributed by atoms with Gasteiger partial charge in [-0.1, -0.05) is 29.5 Å². The van der Waals surface area contributed by atoms with Crippen LogP contribution in [0, 0.1) is 5.82 Å². The molecule has 0 amide bonds. The summed E-state index contributed by atoms with van der Waals surface area (Å²) in [6, 6.07) is 8.55. The normalized spacial score (nSPS) is 16.5. The maximum absolute atomic E-state index is 14.7. The Labute approximate surface area is 168 Å². The van der Waals surface area contributed by atoms with Gasteiger partial charge < -0.3 is 9.15 Å². The smallest absolute Gasteiger partial charge is 0.338 e. The topological polar surface area (TPSA) is 73.8 Å². The fourth-order valence-corrected chi connectivity index (χ4v) is 4.31. The molecule has 29 heavy (non-hydrogen) atoms. The lowest BCUT2D eigenvalue weighted by Gasteiger charge is -2.24. The Morgan fingerprint density at radius 3 is 2.83 bits per heavy atom. The fourth-order valence-electron chi connectivity index (χ4n) is 3.29. The number of hydrogen-bond acceptors (Lipinski definition) is 6. The Hall–Kier alpha value is -3.26.